The Morgan fingerprint density at radius 3 is 2.70 bits per heavy atom. The first-order valence-corrected chi connectivity index (χ1v) is 7.26. The molecule has 0 N–H and O–H groups in total. The first-order chi connectivity index (χ1) is 9.60. The van der Waals surface area contributed by atoms with Gasteiger partial charge < -0.3 is 14.4 Å². The Balaban J connectivity index is 1.95. The van der Waals surface area contributed by atoms with Crippen molar-refractivity contribution in [2.24, 2.45) is 5.92 Å². The van der Waals surface area contributed by atoms with E-state index in [1.54, 1.807) is 0 Å². The highest BCUT2D eigenvalue weighted by atomic mass is 16.6. The first kappa shape index (κ1) is 14.7. The molecule has 1 aliphatic heterocycles. The molecule has 1 aliphatic rings. The molecule has 0 spiro atoms. The van der Waals surface area contributed by atoms with Crippen LogP contribution in [-0.2, 0) is 4.79 Å². The highest BCUT2D eigenvalue weighted by molar-refractivity contribution is 5.76. The summed E-state index contributed by atoms with van der Waals surface area (Å²) in [5.74, 6) is 2.10. The molecule has 0 aliphatic carbocycles. The van der Waals surface area contributed by atoms with Crippen molar-refractivity contribution >= 4 is 5.91 Å². The Labute approximate surface area is 120 Å². The molecule has 2 rings (SSSR count). The van der Waals surface area contributed by atoms with Crippen LogP contribution >= 0.6 is 0 Å². The molecule has 1 amide bonds. The van der Waals surface area contributed by atoms with Crippen molar-refractivity contribution in [3.63, 3.8) is 0 Å². The van der Waals surface area contributed by atoms with Crippen molar-refractivity contribution < 1.29 is 14.3 Å². The van der Waals surface area contributed by atoms with Gasteiger partial charge in [-0.1, -0.05) is 26.0 Å². The molecule has 1 atom stereocenters. The smallest absolute Gasteiger partial charge is 0.222 e. The average molecular weight is 277 g/mol. The number of ether oxygens (including phenoxy) is 2. The third-order valence-electron chi connectivity index (χ3n) is 3.31. The molecule has 0 aromatic heterocycles. The molecule has 0 fully saturated rings. The Kier molecular flexibility index (Phi) is 4.88. The maximum absolute atomic E-state index is 12.1. The zero-order valence-corrected chi connectivity index (χ0v) is 12.5. The van der Waals surface area contributed by atoms with Crippen molar-refractivity contribution in [1.82, 2.24) is 4.90 Å². The normalized spacial score (nSPS) is 17.1. The van der Waals surface area contributed by atoms with Crippen LogP contribution in [0.25, 0.3) is 0 Å². The van der Waals surface area contributed by atoms with Crippen molar-refractivity contribution in [3.05, 3.63) is 24.3 Å². The fourth-order valence-corrected chi connectivity index (χ4v) is 2.28. The summed E-state index contributed by atoms with van der Waals surface area (Å²) in [7, 11) is 0. The van der Waals surface area contributed by atoms with Gasteiger partial charge in [0.25, 0.3) is 0 Å². The number of nitrogens with zero attached hydrogens (tertiary/aromatic N) is 1. The highest BCUT2D eigenvalue weighted by Gasteiger charge is 2.24. The molecule has 0 radical (unpaired) electrons. The number of para-hydroxylation sites is 2. The van der Waals surface area contributed by atoms with Crippen LogP contribution in [-0.4, -0.2) is 36.6 Å². The molecule has 4 heteroatoms. The van der Waals surface area contributed by atoms with E-state index in [1.807, 2.05) is 36.1 Å². The third-order valence-corrected chi connectivity index (χ3v) is 3.31. The summed E-state index contributed by atoms with van der Waals surface area (Å²) in [5, 5.41) is 0. The van der Waals surface area contributed by atoms with E-state index in [9.17, 15) is 4.79 Å². The van der Waals surface area contributed by atoms with Gasteiger partial charge >= 0.3 is 0 Å². The van der Waals surface area contributed by atoms with Gasteiger partial charge in [0, 0.05) is 13.0 Å². The minimum atomic E-state index is -0.0963. The lowest BCUT2D eigenvalue weighted by atomic mass is 10.1. The van der Waals surface area contributed by atoms with Crippen LogP contribution < -0.4 is 9.47 Å². The van der Waals surface area contributed by atoms with Crippen molar-refractivity contribution in [1.29, 1.82) is 0 Å². The zero-order valence-electron chi connectivity index (χ0n) is 12.5. The minimum absolute atomic E-state index is 0.0963. The topological polar surface area (TPSA) is 38.8 Å². The van der Waals surface area contributed by atoms with E-state index in [4.69, 9.17) is 9.47 Å². The summed E-state index contributed by atoms with van der Waals surface area (Å²) in [6.45, 7) is 7.88. The number of fused-ring (bicyclic) bond motifs is 1. The number of carbonyl (C=O) groups excluding carboxylic acids is 1. The molecule has 1 unspecified atom stereocenters. The van der Waals surface area contributed by atoms with Gasteiger partial charge in [-0.15, -0.1) is 0 Å². The van der Waals surface area contributed by atoms with E-state index in [0.29, 0.717) is 32.0 Å². The van der Waals surface area contributed by atoms with E-state index in [1.165, 1.54) is 0 Å². The minimum Gasteiger partial charge on any atom is -0.486 e. The van der Waals surface area contributed by atoms with Gasteiger partial charge in [0.05, 0.1) is 6.54 Å². The van der Waals surface area contributed by atoms with Crippen molar-refractivity contribution in [2.75, 3.05) is 19.7 Å². The summed E-state index contributed by atoms with van der Waals surface area (Å²) in [5.41, 5.74) is 0. The fourth-order valence-electron chi connectivity index (χ4n) is 2.28. The maximum atomic E-state index is 12.1. The predicted molar refractivity (Wildman–Crippen MR) is 78.1 cm³/mol. The summed E-state index contributed by atoms with van der Waals surface area (Å²) >= 11 is 0. The molecule has 1 aromatic carbocycles. The molecule has 20 heavy (non-hydrogen) atoms. The lowest BCUT2D eigenvalue weighted by Crippen LogP contribution is -2.43. The quantitative estimate of drug-likeness (QED) is 0.830. The highest BCUT2D eigenvalue weighted by Crippen LogP contribution is 2.31. The predicted octanol–water partition coefficient (Wildman–Crippen LogP) is 2.72. The molecule has 110 valence electrons. The van der Waals surface area contributed by atoms with Gasteiger partial charge in [0.1, 0.15) is 6.61 Å². The Bertz CT molecular complexity index is 459. The molecule has 1 heterocycles. The number of benzene rings is 1. The van der Waals surface area contributed by atoms with E-state index in [2.05, 4.69) is 13.8 Å². The molecule has 1 aromatic rings. The Morgan fingerprint density at radius 2 is 2.05 bits per heavy atom. The van der Waals surface area contributed by atoms with E-state index in [0.717, 1.165) is 11.5 Å². The standard InChI is InChI=1S/C16H23NO3/c1-4-17(16(18)9-12(2)3)10-13-11-19-14-7-5-6-8-15(14)20-13/h5-8,12-13H,4,9-11H2,1-3H3. The van der Waals surface area contributed by atoms with Crippen LogP contribution in [0.4, 0.5) is 0 Å². The lowest BCUT2D eigenvalue weighted by molar-refractivity contribution is -0.133. The number of carbonyl (C=O) groups is 1. The number of rotatable bonds is 5. The second-order valence-electron chi connectivity index (χ2n) is 5.53. The van der Waals surface area contributed by atoms with E-state index in [-0.39, 0.29) is 12.0 Å². The van der Waals surface area contributed by atoms with Gasteiger partial charge in [-0.2, -0.15) is 0 Å². The lowest BCUT2D eigenvalue weighted by Gasteiger charge is -2.31. The largest absolute Gasteiger partial charge is 0.486 e. The second-order valence-corrected chi connectivity index (χ2v) is 5.53. The number of amides is 1. The molecule has 0 bridgehead atoms. The van der Waals surface area contributed by atoms with E-state index >= 15 is 0 Å². The Hall–Kier alpha value is -1.71. The van der Waals surface area contributed by atoms with Crippen molar-refractivity contribution in [3.8, 4) is 11.5 Å². The SMILES string of the molecule is CCN(CC1COc2ccccc2O1)C(=O)CC(C)C. The first-order valence-electron chi connectivity index (χ1n) is 7.26. The molecule has 4 nitrogen and oxygen atoms in total. The number of hydrogen-bond donors (Lipinski definition) is 0. The maximum Gasteiger partial charge on any atom is 0.222 e. The van der Waals surface area contributed by atoms with Crippen LogP contribution in [0.2, 0.25) is 0 Å². The molecular formula is C16H23NO3. The van der Waals surface area contributed by atoms with Gasteiger partial charge in [-0.05, 0) is 25.0 Å². The van der Waals surface area contributed by atoms with Gasteiger partial charge in [0.15, 0.2) is 17.6 Å². The van der Waals surface area contributed by atoms with Crippen LogP contribution in [0.1, 0.15) is 27.2 Å². The van der Waals surface area contributed by atoms with Crippen molar-refractivity contribution in [2.45, 2.75) is 33.3 Å². The molecule has 0 saturated carbocycles. The second kappa shape index (κ2) is 6.64. The summed E-state index contributed by atoms with van der Waals surface area (Å²) in [6.07, 6.45) is 0.485. The fraction of sp³-hybridized carbons (Fsp3) is 0.562. The third kappa shape index (κ3) is 3.65. The molecular weight excluding hydrogens is 254 g/mol. The monoisotopic (exact) mass is 277 g/mol. The van der Waals surface area contributed by atoms with E-state index < -0.39 is 0 Å². The molecule has 0 saturated heterocycles. The van der Waals surface area contributed by atoms with Crippen LogP contribution in [0.5, 0.6) is 11.5 Å². The van der Waals surface area contributed by atoms with Gasteiger partial charge in [0.2, 0.25) is 5.91 Å². The number of likely N-dealkylation sites (N-methyl/N-ethyl adjacent to an activating group) is 1. The van der Waals surface area contributed by atoms with Gasteiger partial charge in [-0.25, -0.2) is 0 Å². The average Bonchev–Trinajstić information content (AvgIpc) is 2.43. The summed E-state index contributed by atoms with van der Waals surface area (Å²) in [4.78, 5) is 14.0. The number of hydrogen-bond acceptors (Lipinski definition) is 3. The summed E-state index contributed by atoms with van der Waals surface area (Å²) < 4.78 is 11.6. The zero-order chi connectivity index (χ0) is 14.5. The summed E-state index contributed by atoms with van der Waals surface area (Å²) in [6, 6.07) is 7.64. The Morgan fingerprint density at radius 1 is 1.35 bits per heavy atom. The van der Waals surface area contributed by atoms with Crippen LogP contribution in [0.3, 0.4) is 0 Å². The van der Waals surface area contributed by atoms with Gasteiger partial charge in [-0.3, -0.25) is 4.79 Å². The van der Waals surface area contributed by atoms with Crippen LogP contribution in [0, 0.1) is 5.92 Å². The van der Waals surface area contributed by atoms with Crippen LogP contribution in [0.15, 0.2) is 24.3 Å².